The Morgan fingerprint density at radius 2 is 2.21 bits per heavy atom. The summed E-state index contributed by atoms with van der Waals surface area (Å²) >= 11 is 0. The van der Waals surface area contributed by atoms with Crippen molar-refractivity contribution in [2.75, 3.05) is 18.8 Å². The highest BCUT2D eigenvalue weighted by molar-refractivity contribution is 7.89. The molecule has 0 aromatic heterocycles. The van der Waals surface area contributed by atoms with E-state index in [2.05, 4.69) is 5.32 Å². The van der Waals surface area contributed by atoms with E-state index in [0.717, 1.165) is 0 Å². The van der Waals surface area contributed by atoms with Gasteiger partial charge >= 0.3 is 0 Å². The van der Waals surface area contributed by atoms with Crippen molar-refractivity contribution in [3.05, 3.63) is 24.3 Å². The molecule has 0 radical (unpaired) electrons. The van der Waals surface area contributed by atoms with Crippen molar-refractivity contribution in [2.24, 2.45) is 0 Å². The van der Waals surface area contributed by atoms with E-state index >= 15 is 0 Å². The van der Waals surface area contributed by atoms with Gasteiger partial charge in [0, 0.05) is 31.7 Å². The Labute approximate surface area is 112 Å². The van der Waals surface area contributed by atoms with Crippen LogP contribution in [0.2, 0.25) is 0 Å². The smallest absolute Gasteiger partial charge is 0.243 e. The quantitative estimate of drug-likeness (QED) is 0.773. The second-order valence-electron chi connectivity index (χ2n) is 4.62. The number of amides is 1. The van der Waals surface area contributed by atoms with Gasteiger partial charge in [-0.1, -0.05) is 6.07 Å². The number of nitrogen functional groups attached to an aromatic ring is 1. The summed E-state index contributed by atoms with van der Waals surface area (Å²) in [5.41, 5.74) is 6.02. The molecule has 0 saturated carbocycles. The Kier molecular flexibility index (Phi) is 3.77. The number of sulfonamides is 1. The molecule has 2 rings (SSSR count). The molecule has 7 heteroatoms. The molecule has 1 aliphatic heterocycles. The van der Waals surface area contributed by atoms with Crippen LogP contribution < -0.4 is 11.1 Å². The lowest BCUT2D eigenvalue weighted by Gasteiger charge is -2.17. The lowest BCUT2D eigenvalue weighted by atomic mass is 10.3. The average molecular weight is 283 g/mol. The molecule has 1 heterocycles. The van der Waals surface area contributed by atoms with Crippen LogP contribution in [0.15, 0.2) is 29.2 Å². The van der Waals surface area contributed by atoms with Crippen LogP contribution >= 0.6 is 0 Å². The molecule has 3 N–H and O–H groups in total. The monoisotopic (exact) mass is 283 g/mol. The summed E-state index contributed by atoms with van der Waals surface area (Å²) in [6.45, 7) is 2.13. The number of nitrogens with zero attached hydrogens (tertiary/aromatic N) is 1. The van der Waals surface area contributed by atoms with Crippen LogP contribution in [0.25, 0.3) is 0 Å². The SMILES string of the molecule is CC(=O)NC1CCN(S(=O)(=O)c2cccc(N)c2)C1. The van der Waals surface area contributed by atoms with Gasteiger partial charge in [0.15, 0.2) is 0 Å². The van der Waals surface area contributed by atoms with Crippen LogP contribution in [0.4, 0.5) is 5.69 Å². The molecule has 1 aromatic carbocycles. The number of rotatable bonds is 3. The molecular weight excluding hydrogens is 266 g/mol. The van der Waals surface area contributed by atoms with Gasteiger partial charge in [0.2, 0.25) is 15.9 Å². The highest BCUT2D eigenvalue weighted by Crippen LogP contribution is 2.22. The van der Waals surface area contributed by atoms with Gasteiger partial charge in [0.05, 0.1) is 4.90 Å². The predicted molar refractivity (Wildman–Crippen MR) is 71.8 cm³/mol. The third-order valence-electron chi connectivity index (χ3n) is 3.05. The second-order valence-corrected chi connectivity index (χ2v) is 6.56. The molecule has 0 aliphatic carbocycles. The second kappa shape index (κ2) is 5.18. The summed E-state index contributed by atoms with van der Waals surface area (Å²) in [6, 6.07) is 6.11. The number of nitrogens with one attached hydrogen (secondary N) is 1. The van der Waals surface area contributed by atoms with E-state index in [0.29, 0.717) is 25.2 Å². The molecule has 1 amide bonds. The van der Waals surface area contributed by atoms with E-state index < -0.39 is 10.0 Å². The normalized spacial score (nSPS) is 20.4. The zero-order valence-corrected chi connectivity index (χ0v) is 11.5. The first-order valence-electron chi connectivity index (χ1n) is 6.02. The number of carbonyl (C=O) groups excluding carboxylic acids is 1. The fraction of sp³-hybridized carbons (Fsp3) is 0.417. The van der Waals surface area contributed by atoms with Crippen molar-refractivity contribution in [1.29, 1.82) is 0 Å². The summed E-state index contributed by atoms with van der Waals surface area (Å²) in [5, 5.41) is 2.74. The number of benzene rings is 1. The Balaban J connectivity index is 2.16. The molecule has 1 saturated heterocycles. The zero-order valence-electron chi connectivity index (χ0n) is 10.7. The number of carbonyl (C=O) groups is 1. The molecule has 1 unspecified atom stereocenters. The predicted octanol–water partition coefficient (Wildman–Crippen LogP) is 0.168. The number of nitrogens with two attached hydrogens (primary N) is 1. The summed E-state index contributed by atoms with van der Waals surface area (Å²) in [7, 11) is -3.53. The topological polar surface area (TPSA) is 92.5 Å². The van der Waals surface area contributed by atoms with Crippen molar-refractivity contribution >= 4 is 21.6 Å². The van der Waals surface area contributed by atoms with Gasteiger partial charge in [-0.25, -0.2) is 8.42 Å². The molecule has 1 fully saturated rings. The Bertz CT molecular complexity index is 586. The van der Waals surface area contributed by atoms with Gasteiger partial charge in [-0.3, -0.25) is 4.79 Å². The van der Waals surface area contributed by atoms with E-state index in [1.807, 2.05) is 0 Å². The van der Waals surface area contributed by atoms with Crippen LogP contribution in [0, 0.1) is 0 Å². The molecular formula is C12H17N3O3S. The van der Waals surface area contributed by atoms with Crippen LogP contribution in [-0.4, -0.2) is 37.8 Å². The Morgan fingerprint density at radius 3 is 2.84 bits per heavy atom. The third-order valence-corrected chi connectivity index (χ3v) is 4.92. The van der Waals surface area contributed by atoms with Gasteiger partial charge in [0.25, 0.3) is 0 Å². The van der Waals surface area contributed by atoms with E-state index in [1.54, 1.807) is 12.1 Å². The Morgan fingerprint density at radius 1 is 1.47 bits per heavy atom. The minimum atomic E-state index is -3.53. The van der Waals surface area contributed by atoms with Crippen LogP contribution in [0.5, 0.6) is 0 Å². The van der Waals surface area contributed by atoms with E-state index in [4.69, 9.17) is 5.73 Å². The van der Waals surface area contributed by atoms with Crippen LogP contribution in [0.3, 0.4) is 0 Å². The van der Waals surface area contributed by atoms with E-state index in [9.17, 15) is 13.2 Å². The summed E-state index contributed by atoms with van der Waals surface area (Å²) < 4.78 is 26.1. The highest BCUT2D eigenvalue weighted by Gasteiger charge is 2.32. The lowest BCUT2D eigenvalue weighted by Crippen LogP contribution is -2.37. The van der Waals surface area contributed by atoms with Crippen molar-refractivity contribution in [2.45, 2.75) is 24.3 Å². The number of hydrogen-bond donors (Lipinski definition) is 2. The van der Waals surface area contributed by atoms with Crippen molar-refractivity contribution in [3.63, 3.8) is 0 Å². The Hall–Kier alpha value is -1.60. The fourth-order valence-electron chi connectivity index (χ4n) is 2.18. The lowest BCUT2D eigenvalue weighted by molar-refractivity contribution is -0.119. The first-order chi connectivity index (χ1) is 8.89. The third kappa shape index (κ3) is 3.05. The molecule has 1 aliphatic rings. The van der Waals surface area contributed by atoms with Crippen LogP contribution in [-0.2, 0) is 14.8 Å². The van der Waals surface area contributed by atoms with Crippen molar-refractivity contribution in [3.8, 4) is 0 Å². The summed E-state index contributed by atoms with van der Waals surface area (Å²) in [5.74, 6) is -0.145. The minimum Gasteiger partial charge on any atom is -0.399 e. The van der Waals surface area contributed by atoms with E-state index in [1.165, 1.54) is 23.4 Å². The molecule has 6 nitrogen and oxygen atoms in total. The van der Waals surface area contributed by atoms with E-state index in [-0.39, 0.29) is 16.8 Å². The van der Waals surface area contributed by atoms with Gasteiger partial charge in [-0.05, 0) is 24.6 Å². The molecule has 1 aromatic rings. The van der Waals surface area contributed by atoms with Crippen molar-refractivity contribution in [1.82, 2.24) is 9.62 Å². The number of anilines is 1. The summed E-state index contributed by atoms with van der Waals surface area (Å²) in [4.78, 5) is 11.2. The maximum atomic E-state index is 12.4. The maximum Gasteiger partial charge on any atom is 0.243 e. The van der Waals surface area contributed by atoms with Gasteiger partial charge in [-0.15, -0.1) is 0 Å². The molecule has 104 valence electrons. The molecule has 0 spiro atoms. The van der Waals surface area contributed by atoms with Crippen molar-refractivity contribution < 1.29 is 13.2 Å². The molecule has 0 bridgehead atoms. The first kappa shape index (κ1) is 13.8. The van der Waals surface area contributed by atoms with Gasteiger partial charge < -0.3 is 11.1 Å². The first-order valence-corrected chi connectivity index (χ1v) is 7.46. The van der Waals surface area contributed by atoms with Gasteiger partial charge in [-0.2, -0.15) is 4.31 Å². The minimum absolute atomic E-state index is 0.117. The highest BCUT2D eigenvalue weighted by atomic mass is 32.2. The van der Waals surface area contributed by atoms with Crippen LogP contribution in [0.1, 0.15) is 13.3 Å². The fourth-order valence-corrected chi connectivity index (χ4v) is 3.73. The maximum absolute atomic E-state index is 12.4. The number of hydrogen-bond acceptors (Lipinski definition) is 4. The summed E-state index contributed by atoms with van der Waals surface area (Å²) in [6.07, 6.45) is 0.626. The standard InChI is InChI=1S/C12H17N3O3S/c1-9(16)14-11-5-6-15(8-11)19(17,18)12-4-2-3-10(13)7-12/h2-4,7,11H,5-6,8,13H2,1H3,(H,14,16). The average Bonchev–Trinajstić information content (AvgIpc) is 2.77. The molecule has 19 heavy (non-hydrogen) atoms. The molecule has 1 atom stereocenters. The zero-order chi connectivity index (χ0) is 14.0. The largest absolute Gasteiger partial charge is 0.399 e. The van der Waals surface area contributed by atoms with Gasteiger partial charge in [0.1, 0.15) is 0 Å².